The van der Waals surface area contributed by atoms with Crippen molar-refractivity contribution in [1.29, 1.82) is 0 Å². The van der Waals surface area contributed by atoms with Gasteiger partial charge in [-0.15, -0.1) is 0 Å². The zero-order valence-electron chi connectivity index (χ0n) is 10.4. The molecule has 0 fully saturated rings. The first-order valence-corrected chi connectivity index (χ1v) is 5.59. The normalized spacial score (nSPS) is 10.1. The van der Waals surface area contributed by atoms with Crippen LogP contribution >= 0.6 is 0 Å². The van der Waals surface area contributed by atoms with Gasteiger partial charge in [-0.3, -0.25) is 15.1 Å². The van der Waals surface area contributed by atoms with Gasteiger partial charge in [0.2, 0.25) is 0 Å². The minimum atomic E-state index is -1.38. The van der Waals surface area contributed by atoms with E-state index in [4.69, 9.17) is 9.84 Å². The number of aromatic nitrogens is 1. The van der Waals surface area contributed by atoms with Crippen molar-refractivity contribution in [2.24, 2.45) is 0 Å². The summed E-state index contributed by atoms with van der Waals surface area (Å²) < 4.78 is 5.51. The third-order valence-electron chi connectivity index (χ3n) is 2.59. The third-order valence-corrected chi connectivity index (χ3v) is 2.59. The maximum absolute atomic E-state index is 11.0. The summed E-state index contributed by atoms with van der Waals surface area (Å²) in [5.74, 6) is -0.666. The van der Waals surface area contributed by atoms with E-state index in [1.165, 1.54) is 12.3 Å². The van der Waals surface area contributed by atoms with Crippen molar-refractivity contribution in [3.63, 3.8) is 0 Å². The molecule has 0 aliphatic carbocycles. The number of aryl methyl sites for hydroxylation is 1. The highest BCUT2D eigenvalue weighted by Gasteiger charge is 2.20. The number of aromatic carboxylic acids is 1. The molecule has 2 rings (SSSR count). The highest BCUT2D eigenvalue weighted by atomic mass is 16.6. The van der Waals surface area contributed by atoms with Crippen LogP contribution in [-0.4, -0.2) is 21.0 Å². The minimum absolute atomic E-state index is 0.210. The van der Waals surface area contributed by atoms with Crippen LogP contribution in [0, 0.1) is 17.0 Å². The van der Waals surface area contributed by atoms with Crippen LogP contribution in [0.1, 0.15) is 15.9 Å². The van der Waals surface area contributed by atoms with Gasteiger partial charge in [0, 0.05) is 30.1 Å². The second-order valence-corrected chi connectivity index (χ2v) is 3.98. The zero-order valence-corrected chi connectivity index (χ0v) is 10.4. The molecule has 0 unspecified atom stereocenters. The van der Waals surface area contributed by atoms with Crippen molar-refractivity contribution in [2.45, 2.75) is 6.92 Å². The van der Waals surface area contributed by atoms with E-state index in [0.717, 1.165) is 17.7 Å². The number of rotatable bonds is 4. The number of ether oxygens (including phenoxy) is 1. The van der Waals surface area contributed by atoms with Crippen LogP contribution < -0.4 is 4.74 Å². The Bertz CT molecular complexity index is 684. The standard InChI is InChI=1S/C13H10N2O5/c1-8-7-14-5-4-12(8)20-9-2-3-11(15(18)19)10(6-9)13(16)17/h2-7H,1H3,(H,16,17). The second kappa shape index (κ2) is 5.35. The number of carbonyl (C=O) groups is 1. The molecule has 0 saturated heterocycles. The minimum Gasteiger partial charge on any atom is -0.477 e. The van der Waals surface area contributed by atoms with Crippen molar-refractivity contribution in [1.82, 2.24) is 4.98 Å². The fourth-order valence-corrected chi connectivity index (χ4v) is 1.61. The molecule has 20 heavy (non-hydrogen) atoms. The Kier molecular flexibility index (Phi) is 3.60. The highest BCUT2D eigenvalue weighted by molar-refractivity contribution is 5.92. The Balaban J connectivity index is 2.40. The summed E-state index contributed by atoms with van der Waals surface area (Å²) in [7, 11) is 0. The topological polar surface area (TPSA) is 103 Å². The van der Waals surface area contributed by atoms with E-state index >= 15 is 0 Å². The van der Waals surface area contributed by atoms with Gasteiger partial charge in [0.1, 0.15) is 17.1 Å². The van der Waals surface area contributed by atoms with Crippen LogP contribution in [0.25, 0.3) is 0 Å². The summed E-state index contributed by atoms with van der Waals surface area (Å²) in [6, 6.07) is 5.21. The number of carboxylic acids is 1. The smallest absolute Gasteiger partial charge is 0.342 e. The summed E-state index contributed by atoms with van der Waals surface area (Å²) in [5, 5.41) is 19.7. The molecule has 2 aromatic rings. The van der Waals surface area contributed by atoms with Gasteiger partial charge >= 0.3 is 5.97 Å². The number of benzene rings is 1. The predicted octanol–water partition coefficient (Wildman–Crippen LogP) is 2.79. The molecule has 0 aliphatic rings. The lowest BCUT2D eigenvalue weighted by Gasteiger charge is -2.08. The van der Waals surface area contributed by atoms with Gasteiger partial charge in [-0.1, -0.05) is 0 Å². The summed E-state index contributed by atoms with van der Waals surface area (Å²) in [4.78, 5) is 24.9. The van der Waals surface area contributed by atoms with E-state index < -0.39 is 22.1 Å². The first kappa shape index (κ1) is 13.5. The van der Waals surface area contributed by atoms with E-state index in [9.17, 15) is 14.9 Å². The van der Waals surface area contributed by atoms with Crippen LogP contribution in [0.5, 0.6) is 11.5 Å². The van der Waals surface area contributed by atoms with Crippen LogP contribution in [0.15, 0.2) is 36.7 Å². The first-order valence-electron chi connectivity index (χ1n) is 5.59. The molecule has 7 heteroatoms. The Morgan fingerprint density at radius 2 is 2.15 bits per heavy atom. The lowest BCUT2D eigenvalue weighted by atomic mass is 10.1. The predicted molar refractivity (Wildman–Crippen MR) is 69.1 cm³/mol. The Hall–Kier alpha value is -2.96. The Morgan fingerprint density at radius 1 is 1.40 bits per heavy atom. The number of hydrogen-bond acceptors (Lipinski definition) is 5. The zero-order chi connectivity index (χ0) is 14.7. The second-order valence-electron chi connectivity index (χ2n) is 3.98. The lowest BCUT2D eigenvalue weighted by Crippen LogP contribution is -2.03. The van der Waals surface area contributed by atoms with E-state index in [0.29, 0.717) is 5.75 Å². The molecular weight excluding hydrogens is 264 g/mol. The average Bonchev–Trinajstić information content (AvgIpc) is 2.41. The average molecular weight is 274 g/mol. The summed E-state index contributed by atoms with van der Waals surface area (Å²) in [6.45, 7) is 1.78. The SMILES string of the molecule is Cc1cnccc1Oc1ccc([N+](=O)[O-])c(C(=O)O)c1. The van der Waals surface area contributed by atoms with Crippen molar-refractivity contribution in [3.8, 4) is 11.5 Å². The number of pyridine rings is 1. The third kappa shape index (κ3) is 2.72. The van der Waals surface area contributed by atoms with Crippen LogP contribution in [0.3, 0.4) is 0 Å². The lowest BCUT2D eigenvalue weighted by molar-refractivity contribution is -0.385. The molecule has 1 N–H and O–H groups in total. The van der Waals surface area contributed by atoms with Crippen molar-refractivity contribution in [2.75, 3.05) is 0 Å². The monoisotopic (exact) mass is 274 g/mol. The van der Waals surface area contributed by atoms with E-state index in [-0.39, 0.29) is 5.75 Å². The summed E-state index contributed by atoms with van der Waals surface area (Å²) in [5.41, 5.74) is -0.127. The van der Waals surface area contributed by atoms with Gasteiger partial charge < -0.3 is 9.84 Å². The van der Waals surface area contributed by atoms with E-state index in [1.807, 2.05) is 0 Å². The summed E-state index contributed by atoms with van der Waals surface area (Å²) in [6.07, 6.45) is 3.13. The molecule has 102 valence electrons. The van der Waals surface area contributed by atoms with Crippen molar-refractivity contribution < 1.29 is 19.6 Å². The Labute approximate surface area is 113 Å². The number of nitrogens with zero attached hydrogens (tertiary/aromatic N) is 2. The van der Waals surface area contributed by atoms with Crippen LogP contribution in [0.2, 0.25) is 0 Å². The van der Waals surface area contributed by atoms with Gasteiger partial charge in [-0.05, 0) is 19.1 Å². The molecular formula is C13H10N2O5. The quantitative estimate of drug-likeness (QED) is 0.679. The van der Waals surface area contributed by atoms with Crippen molar-refractivity contribution >= 4 is 11.7 Å². The van der Waals surface area contributed by atoms with Gasteiger partial charge in [0.25, 0.3) is 5.69 Å². The molecule has 1 aromatic carbocycles. The highest BCUT2D eigenvalue weighted by Crippen LogP contribution is 2.28. The number of nitro benzene ring substituents is 1. The van der Waals surface area contributed by atoms with Gasteiger partial charge in [0.05, 0.1) is 4.92 Å². The summed E-state index contributed by atoms with van der Waals surface area (Å²) >= 11 is 0. The van der Waals surface area contributed by atoms with Crippen LogP contribution in [0.4, 0.5) is 5.69 Å². The molecule has 7 nitrogen and oxygen atoms in total. The van der Waals surface area contributed by atoms with E-state index in [1.54, 1.807) is 19.2 Å². The van der Waals surface area contributed by atoms with Gasteiger partial charge in [-0.25, -0.2) is 4.79 Å². The van der Waals surface area contributed by atoms with E-state index in [2.05, 4.69) is 4.98 Å². The van der Waals surface area contributed by atoms with Gasteiger partial charge in [0.15, 0.2) is 0 Å². The molecule has 0 radical (unpaired) electrons. The molecule has 1 aromatic heterocycles. The fourth-order valence-electron chi connectivity index (χ4n) is 1.61. The van der Waals surface area contributed by atoms with Crippen LogP contribution in [-0.2, 0) is 0 Å². The number of nitro groups is 1. The molecule has 0 saturated carbocycles. The first-order chi connectivity index (χ1) is 9.49. The Morgan fingerprint density at radius 3 is 2.75 bits per heavy atom. The maximum atomic E-state index is 11.0. The molecule has 0 aliphatic heterocycles. The largest absolute Gasteiger partial charge is 0.477 e. The molecule has 0 bridgehead atoms. The molecule has 0 spiro atoms. The maximum Gasteiger partial charge on any atom is 0.342 e. The molecule has 0 amide bonds. The number of carboxylic acid groups (broad SMARTS) is 1. The fraction of sp³-hybridized carbons (Fsp3) is 0.0769. The molecule has 1 heterocycles. The molecule has 0 atom stereocenters. The van der Waals surface area contributed by atoms with Gasteiger partial charge in [-0.2, -0.15) is 0 Å². The number of hydrogen-bond donors (Lipinski definition) is 1. The van der Waals surface area contributed by atoms with Crippen molar-refractivity contribution in [3.05, 3.63) is 57.9 Å².